The zero-order valence-electron chi connectivity index (χ0n) is 12.2. The normalized spacial score (nSPS) is 28.6. The van der Waals surface area contributed by atoms with Gasteiger partial charge in [0.2, 0.25) is 0 Å². The molecule has 4 heteroatoms. The number of nitrogens with zero attached hydrogens (tertiary/aromatic N) is 2. The van der Waals surface area contributed by atoms with Crippen molar-refractivity contribution in [3.05, 3.63) is 0 Å². The molecule has 0 aromatic carbocycles. The van der Waals surface area contributed by atoms with Crippen molar-refractivity contribution < 1.29 is 4.74 Å². The van der Waals surface area contributed by atoms with Gasteiger partial charge in [-0.25, -0.2) is 0 Å². The van der Waals surface area contributed by atoms with E-state index in [9.17, 15) is 5.26 Å². The van der Waals surface area contributed by atoms with Gasteiger partial charge in [0.05, 0.1) is 18.8 Å². The number of ether oxygens (including phenoxy) is 1. The topological polar surface area (TPSA) is 48.3 Å². The van der Waals surface area contributed by atoms with Gasteiger partial charge in [0, 0.05) is 12.6 Å². The minimum absolute atomic E-state index is 0.331. The van der Waals surface area contributed by atoms with E-state index in [1.807, 2.05) is 13.8 Å². The summed E-state index contributed by atoms with van der Waals surface area (Å²) in [4.78, 5) is 2.47. The Morgan fingerprint density at radius 2 is 2.22 bits per heavy atom. The van der Waals surface area contributed by atoms with Gasteiger partial charge in [-0.1, -0.05) is 6.92 Å². The summed E-state index contributed by atoms with van der Waals surface area (Å²) in [6.07, 6.45) is 2.28. The summed E-state index contributed by atoms with van der Waals surface area (Å²) in [5.41, 5.74) is -0.379. The van der Waals surface area contributed by atoms with E-state index in [4.69, 9.17) is 4.74 Å². The first-order chi connectivity index (χ1) is 8.50. The molecular formula is C14H27N3O. The molecular weight excluding hydrogens is 226 g/mol. The summed E-state index contributed by atoms with van der Waals surface area (Å²) >= 11 is 0. The van der Waals surface area contributed by atoms with Gasteiger partial charge in [0.25, 0.3) is 0 Å². The first-order valence-electron chi connectivity index (χ1n) is 7.02. The molecule has 0 aromatic heterocycles. The van der Waals surface area contributed by atoms with Crippen LogP contribution in [-0.4, -0.2) is 48.8 Å². The van der Waals surface area contributed by atoms with E-state index in [1.54, 1.807) is 0 Å². The van der Waals surface area contributed by atoms with Crippen molar-refractivity contribution in [2.75, 3.05) is 26.2 Å². The third kappa shape index (κ3) is 4.56. The van der Waals surface area contributed by atoms with Crippen molar-refractivity contribution in [1.82, 2.24) is 10.2 Å². The van der Waals surface area contributed by atoms with Crippen LogP contribution in [0.3, 0.4) is 0 Å². The summed E-state index contributed by atoms with van der Waals surface area (Å²) in [6.45, 7) is 12.1. The zero-order chi connectivity index (χ0) is 13.6. The Balaban J connectivity index is 2.34. The first kappa shape index (κ1) is 15.4. The lowest BCUT2D eigenvalue weighted by Gasteiger charge is -2.37. The number of hydrogen-bond donors (Lipinski definition) is 1. The highest BCUT2D eigenvalue weighted by Crippen LogP contribution is 2.15. The van der Waals surface area contributed by atoms with E-state index >= 15 is 0 Å². The summed E-state index contributed by atoms with van der Waals surface area (Å²) in [7, 11) is 0. The number of rotatable bonds is 6. The van der Waals surface area contributed by atoms with Gasteiger partial charge in [-0.05, 0) is 46.7 Å². The number of nitrogens with one attached hydrogen (secondary N) is 1. The molecule has 0 spiro atoms. The average Bonchev–Trinajstić information content (AvgIpc) is 2.34. The highest BCUT2D eigenvalue weighted by Gasteiger charge is 2.25. The van der Waals surface area contributed by atoms with Crippen LogP contribution in [0.4, 0.5) is 0 Å². The molecule has 18 heavy (non-hydrogen) atoms. The highest BCUT2D eigenvalue weighted by atomic mass is 16.5. The maximum atomic E-state index is 9.20. The Morgan fingerprint density at radius 3 is 2.83 bits per heavy atom. The van der Waals surface area contributed by atoms with Gasteiger partial charge in [-0.3, -0.25) is 10.2 Å². The second-order valence-electron chi connectivity index (χ2n) is 5.57. The largest absolute Gasteiger partial charge is 0.376 e. The molecule has 1 fully saturated rings. The quantitative estimate of drug-likeness (QED) is 0.783. The van der Waals surface area contributed by atoms with E-state index in [2.05, 4.69) is 30.1 Å². The molecule has 1 heterocycles. The zero-order valence-corrected chi connectivity index (χ0v) is 12.2. The Hall–Kier alpha value is -0.630. The van der Waals surface area contributed by atoms with Crippen molar-refractivity contribution in [1.29, 1.82) is 5.26 Å². The van der Waals surface area contributed by atoms with Crippen LogP contribution >= 0.6 is 0 Å². The second-order valence-corrected chi connectivity index (χ2v) is 5.57. The minimum Gasteiger partial charge on any atom is -0.376 e. The molecule has 3 atom stereocenters. The smallest absolute Gasteiger partial charge is 0.103 e. The lowest BCUT2D eigenvalue weighted by Crippen LogP contribution is -2.48. The molecule has 1 aliphatic heterocycles. The van der Waals surface area contributed by atoms with Crippen molar-refractivity contribution in [3.8, 4) is 6.07 Å². The van der Waals surface area contributed by atoms with Crippen LogP contribution in [0, 0.1) is 11.3 Å². The molecule has 0 aromatic rings. The second kappa shape index (κ2) is 7.08. The molecule has 1 rings (SSSR count). The van der Waals surface area contributed by atoms with Gasteiger partial charge in [-0.2, -0.15) is 5.26 Å². The van der Waals surface area contributed by atoms with Crippen molar-refractivity contribution in [2.24, 2.45) is 0 Å². The minimum atomic E-state index is -0.379. The Labute approximate surface area is 111 Å². The standard InChI is InChI=1S/C14H27N3O/c1-5-16-14(4,11-15)7-6-8-17-9-13(3)18-10-12(17)2/h12-13,16H,5-10H2,1-4H3. The summed E-state index contributed by atoms with van der Waals surface area (Å²) in [6, 6.07) is 2.88. The van der Waals surface area contributed by atoms with E-state index in [0.29, 0.717) is 12.1 Å². The van der Waals surface area contributed by atoms with Crippen LogP contribution < -0.4 is 5.32 Å². The van der Waals surface area contributed by atoms with Crippen molar-refractivity contribution in [3.63, 3.8) is 0 Å². The van der Waals surface area contributed by atoms with E-state index in [-0.39, 0.29) is 5.54 Å². The molecule has 0 radical (unpaired) electrons. The van der Waals surface area contributed by atoms with Crippen LogP contribution in [-0.2, 0) is 4.74 Å². The van der Waals surface area contributed by atoms with Crippen molar-refractivity contribution in [2.45, 2.75) is 58.2 Å². The molecule has 0 saturated carbocycles. The molecule has 1 saturated heterocycles. The van der Waals surface area contributed by atoms with Gasteiger partial charge >= 0.3 is 0 Å². The van der Waals surface area contributed by atoms with Gasteiger partial charge in [-0.15, -0.1) is 0 Å². The Morgan fingerprint density at radius 1 is 1.50 bits per heavy atom. The number of nitriles is 1. The van der Waals surface area contributed by atoms with Crippen molar-refractivity contribution >= 4 is 0 Å². The van der Waals surface area contributed by atoms with E-state index in [0.717, 1.165) is 39.1 Å². The molecule has 0 aliphatic carbocycles. The summed E-state index contributed by atoms with van der Waals surface area (Å²) in [5.74, 6) is 0. The monoisotopic (exact) mass is 253 g/mol. The number of hydrogen-bond acceptors (Lipinski definition) is 4. The lowest BCUT2D eigenvalue weighted by atomic mass is 9.97. The van der Waals surface area contributed by atoms with Crippen LogP contribution in [0.15, 0.2) is 0 Å². The molecule has 0 bridgehead atoms. The maximum Gasteiger partial charge on any atom is 0.103 e. The third-order valence-corrected chi connectivity index (χ3v) is 3.67. The average molecular weight is 253 g/mol. The fourth-order valence-corrected chi connectivity index (χ4v) is 2.49. The third-order valence-electron chi connectivity index (χ3n) is 3.67. The van der Waals surface area contributed by atoms with Crippen LogP contribution in [0.5, 0.6) is 0 Å². The fourth-order valence-electron chi connectivity index (χ4n) is 2.49. The van der Waals surface area contributed by atoms with Crippen LogP contribution in [0.1, 0.15) is 40.5 Å². The Kier molecular flexibility index (Phi) is 6.07. The maximum absolute atomic E-state index is 9.20. The van der Waals surface area contributed by atoms with Gasteiger partial charge in [0.1, 0.15) is 5.54 Å². The molecule has 1 N–H and O–H groups in total. The van der Waals surface area contributed by atoms with E-state index < -0.39 is 0 Å². The molecule has 1 aliphatic rings. The molecule has 0 amide bonds. The molecule has 104 valence electrons. The predicted molar refractivity (Wildman–Crippen MR) is 73.4 cm³/mol. The fraction of sp³-hybridized carbons (Fsp3) is 0.929. The summed E-state index contributed by atoms with van der Waals surface area (Å²) < 4.78 is 5.62. The van der Waals surface area contributed by atoms with Gasteiger partial charge < -0.3 is 4.74 Å². The summed E-state index contributed by atoms with van der Waals surface area (Å²) in [5, 5.41) is 12.5. The van der Waals surface area contributed by atoms with Crippen LogP contribution in [0.25, 0.3) is 0 Å². The lowest BCUT2D eigenvalue weighted by molar-refractivity contribution is -0.0499. The Bertz CT molecular complexity index is 289. The van der Waals surface area contributed by atoms with Gasteiger partial charge in [0.15, 0.2) is 0 Å². The highest BCUT2D eigenvalue weighted by molar-refractivity contribution is 5.03. The SMILES string of the molecule is CCNC(C)(C#N)CCCN1CC(C)OCC1C. The molecule has 4 nitrogen and oxygen atoms in total. The van der Waals surface area contributed by atoms with Crippen LogP contribution in [0.2, 0.25) is 0 Å². The predicted octanol–water partition coefficient (Wildman–Crippen LogP) is 1.77. The molecule has 3 unspecified atom stereocenters. The number of morpholine rings is 1. The first-order valence-corrected chi connectivity index (χ1v) is 7.02. The van der Waals surface area contributed by atoms with E-state index in [1.165, 1.54) is 0 Å².